The van der Waals surface area contributed by atoms with Crippen LogP contribution in [0, 0.1) is 6.92 Å². The van der Waals surface area contributed by atoms with Crippen molar-refractivity contribution >= 4 is 29.0 Å². The molecule has 1 amide bonds. The van der Waals surface area contributed by atoms with E-state index < -0.39 is 0 Å². The first kappa shape index (κ1) is 17.9. The minimum Gasteiger partial charge on any atom is -0.487 e. The van der Waals surface area contributed by atoms with Crippen LogP contribution in [0.4, 0.5) is 5.69 Å². The number of aromatic nitrogens is 1. The lowest BCUT2D eigenvalue weighted by molar-refractivity contribution is -0.113. The standard InChI is InChI=1S/C21H20N2O2S/c1-16-22-18(15-26-16)14-25-20-11-8-17(9-12-20)10-13-21(24)23(2)19-6-4-3-5-7-19/h3-13,15H,14H2,1-2H3/b13-10+. The summed E-state index contributed by atoms with van der Waals surface area (Å²) in [6.45, 7) is 2.44. The van der Waals surface area contributed by atoms with Crippen LogP contribution in [-0.4, -0.2) is 17.9 Å². The third kappa shape index (κ3) is 4.80. The Morgan fingerprint density at radius 2 is 1.88 bits per heavy atom. The number of benzene rings is 2. The molecule has 4 nitrogen and oxygen atoms in total. The van der Waals surface area contributed by atoms with Gasteiger partial charge in [-0.05, 0) is 42.8 Å². The molecule has 0 saturated heterocycles. The van der Waals surface area contributed by atoms with Crippen molar-refractivity contribution in [3.63, 3.8) is 0 Å². The molecule has 0 unspecified atom stereocenters. The van der Waals surface area contributed by atoms with Crippen LogP contribution in [-0.2, 0) is 11.4 Å². The van der Waals surface area contributed by atoms with Crippen molar-refractivity contribution in [3.8, 4) is 5.75 Å². The Labute approximate surface area is 157 Å². The zero-order chi connectivity index (χ0) is 18.4. The number of rotatable bonds is 6. The van der Waals surface area contributed by atoms with Crippen molar-refractivity contribution in [3.05, 3.63) is 82.3 Å². The van der Waals surface area contributed by atoms with Crippen LogP contribution in [0.1, 0.15) is 16.3 Å². The lowest BCUT2D eigenvalue weighted by Gasteiger charge is -2.14. The van der Waals surface area contributed by atoms with Gasteiger partial charge in [0.15, 0.2) is 0 Å². The van der Waals surface area contributed by atoms with Gasteiger partial charge in [-0.1, -0.05) is 30.3 Å². The number of thiazole rings is 1. The van der Waals surface area contributed by atoms with E-state index in [1.807, 2.05) is 66.9 Å². The van der Waals surface area contributed by atoms with Crippen molar-refractivity contribution in [2.75, 3.05) is 11.9 Å². The highest BCUT2D eigenvalue weighted by Gasteiger charge is 2.06. The van der Waals surface area contributed by atoms with Gasteiger partial charge in [0.05, 0.1) is 10.7 Å². The van der Waals surface area contributed by atoms with Crippen LogP contribution in [0.15, 0.2) is 66.1 Å². The van der Waals surface area contributed by atoms with E-state index in [1.54, 1.807) is 35.4 Å². The van der Waals surface area contributed by atoms with Crippen molar-refractivity contribution in [1.82, 2.24) is 4.98 Å². The van der Waals surface area contributed by atoms with Gasteiger partial charge in [-0.15, -0.1) is 11.3 Å². The molecule has 0 aliphatic rings. The Balaban J connectivity index is 1.56. The van der Waals surface area contributed by atoms with E-state index in [9.17, 15) is 4.79 Å². The number of ether oxygens (including phenoxy) is 1. The molecule has 2 aromatic carbocycles. The smallest absolute Gasteiger partial charge is 0.250 e. The van der Waals surface area contributed by atoms with E-state index in [0.717, 1.165) is 27.7 Å². The normalized spacial score (nSPS) is 10.8. The Kier molecular flexibility index (Phi) is 5.81. The van der Waals surface area contributed by atoms with Crippen molar-refractivity contribution in [2.24, 2.45) is 0 Å². The van der Waals surface area contributed by atoms with Gasteiger partial charge in [-0.25, -0.2) is 4.98 Å². The van der Waals surface area contributed by atoms with Crippen LogP contribution in [0.5, 0.6) is 5.75 Å². The molecule has 1 aromatic heterocycles. The molecule has 3 rings (SSSR count). The summed E-state index contributed by atoms with van der Waals surface area (Å²) in [5.41, 5.74) is 2.74. The second-order valence-corrected chi connectivity index (χ2v) is 6.84. The Hall–Kier alpha value is -2.92. The Morgan fingerprint density at radius 1 is 1.15 bits per heavy atom. The summed E-state index contributed by atoms with van der Waals surface area (Å²) in [5, 5.41) is 3.04. The van der Waals surface area contributed by atoms with Crippen molar-refractivity contribution < 1.29 is 9.53 Å². The molecule has 0 aliphatic carbocycles. The lowest BCUT2D eigenvalue weighted by Crippen LogP contribution is -2.23. The number of aryl methyl sites for hydroxylation is 1. The second kappa shape index (κ2) is 8.45. The molecule has 5 heteroatoms. The number of nitrogens with zero attached hydrogens (tertiary/aromatic N) is 2. The summed E-state index contributed by atoms with van der Waals surface area (Å²) in [6, 6.07) is 17.2. The van der Waals surface area contributed by atoms with Gasteiger partial charge in [0.25, 0.3) is 5.91 Å². The summed E-state index contributed by atoms with van der Waals surface area (Å²) in [4.78, 5) is 18.2. The summed E-state index contributed by atoms with van der Waals surface area (Å²) in [6.07, 6.45) is 3.37. The molecular weight excluding hydrogens is 344 g/mol. The zero-order valence-corrected chi connectivity index (χ0v) is 15.6. The molecule has 0 aliphatic heterocycles. The molecule has 26 heavy (non-hydrogen) atoms. The molecule has 3 aromatic rings. The number of hydrogen-bond donors (Lipinski definition) is 0. The number of carbonyl (C=O) groups is 1. The average molecular weight is 364 g/mol. The lowest BCUT2D eigenvalue weighted by atomic mass is 10.2. The molecule has 0 saturated carbocycles. The van der Waals surface area contributed by atoms with Crippen LogP contribution < -0.4 is 9.64 Å². The van der Waals surface area contributed by atoms with Gasteiger partial charge < -0.3 is 9.64 Å². The monoisotopic (exact) mass is 364 g/mol. The van der Waals surface area contributed by atoms with Gasteiger partial charge >= 0.3 is 0 Å². The van der Waals surface area contributed by atoms with Crippen molar-refractivity contribution in [2.45, 2.75) is 13.5 Å². The molecule has 0 atom stereocenters. The molecule has 1 heterocycles. The van der Waals surface area contributed by atoms with Crippen LogP contribution >= 0.6 is 11.3 Å². The summed E-state index contributed by atoms with van der Waals surface area (Å²) >= 11 is 1.62. The highest BCUT2D eigenvalue weighted by molar-refractivity contribution is 7.09. The number of amides is 1. The van der Waals surface area contributed by atoms with E-state index in [0.29, 0.717) is 6.61 Å². The van der Waals surface area contributed by atoms with Crippen LogP contribution in [0.3, 0.4) is 0 Å². The predicted molar refractivity (Wildman–Crippen MR) is 107 cm³/mol. The first-order chi connectivity index (χ1) is 12.6. The number of anilines is 1. The maximum atomic E-state index is 12.3. The summed E-state index contributed by atoms with van der Waals surface area (Å²) in [5.74, 6) is 0.705. The number of likely N-dealkylation sites (N-methyl/N-ethyl adjacent to an activating group) is 1. The fourth-order valence-electron chi connectivity index (χ4n) is 2.37. The zero-order valence-electron chi connectivity index (χ0n) is 14.8. The molecule has 0 radical (unpaired) electrons. The van der Waals surface area contributed by atoms with Gasteiger partial charge in [-0.3, -0.25) is 4.79 Å². The number of carbonyl (C=O) groups excluding carboxylic acids is 1. The molecule has 0 N–H and O–H groups in total. The first-order valence-electron chi connectivity index (χ1n) is 8.26. The van der Waals surface area contributed by atoms with E-state index in [-0.39, 0.29) is 5.91 Å². The van der Waals surface area contributed by atoms with E-state index in [1.165, 1.54) is 0 Å². The van der Waals surface area contributed by atoms with Gasteiger partial charge in [0, 0.05) is 24.2 Å². The maximum Gasteiger partial charge on any atom is 0.250 e. The van der Waals surface area contributed by atoms with E-state index in [2.05, 4.69) is 4.98 Å². The predicted octanol–water partition coefficient (Wildman–Crippen LogP) is 4.71. The summed E-state index contributed by atoms with van der Waals surface area (Å²) in [7, 11) is 1.76. The Bertz CT molecular complexity index is 886. The van der Waals surface area contributed by atoms with Crippen LogP contribution in [0.2, 0.25) is 0 Å². The quantitative estimate of drug-likeness (QED) is 0.595. The molecule has 132 valence electrons. The highest BCUT2D eigenvalue weighted by Crippen LogP contribution is 2.17. The van der Waals surface area contributed by atoms with E-state index >= 15 is 0 Å². The van der Waals surface area contributed by atoms with Gasteiger partial charge in [0.1, 0.15) is 12.4 Å². The van der Waals surface area contributed by atoms with Crippen molar-refractivity contribution in [1.29, 1.82) is 0 Å². The third-order valence-corrected chi connectivity index (χ3v) is 4.65. The third-order valence-electron chi connectivity index (χ3n) is 3.83. The fraction of sp³-hybridized carbons (Fsp3) is 0.143. The maximum absolute atomic E-state index is 12.3. The molecule has 0 fully saturated rings. The SMILES string of the molecule is Cc1nc(COc2ccc(/C=C/C(=O)N(C)c3ccccc3)cc2)cs1. The fourth-order valence-corrected chi connectivity index (χ4v) is 2.96. The largest absolute Gasteiger partial charge is 0.487 e. The minimum absolute atomic E-state index is 0.0737. The molecule has 0 bridgehead atoms. The van der Waals surface area contributed by atoms with Crippen LogP contribution in [0.25, 0.3) is 6.08 Å². The number of hydrogen-bond acceptors (Lipinski definition) is 4. The highest BCUT2D eigenvalue weighted by atomic mass is 32.1. The Morgan fingerprint density at radius 3 is 2.54 bits per heavy atom. The topological polar surface area (TPSA) is 42.4 Å². The summed E-state index contributed by atoms with van der Waals surface area (Å²) < 4.78 is 5.73. The van der Waals surface area contributed by atoms with E-state index in [4.69, 9.17) is 4.74 Å². The average Bonchev–Trinajstić information content (AvgIpc) is 3.10. The van der Waals surface area contributed by atoms with Gasteiger partial charge in [0.2, 0.25) is 0 Å². The number of para-hydroxylation sites is 1. The molecule has 0 spiro atoms. The minimum atomic E-state index is -0.0737. The molecular formula is C21H20N2O2S. The first-order valence-corrected chi connectivity index (χ1v) is 9.14. The van der Waals surface area contributed by atoms with Gasteiger partial charge in [-0.2, -0.15) is 0 Å². The second-order valence-electron chi connectivity index (χ2n) is 5.78.